The third kappa shape index (κ3) is 1.64. The lowest BCUT2D eigenvalue weighted by atomic mass is 10.0. The summed E-state index contributed by atoms with van der Waals surface area (Å²) in [5.74, 6) is 0.406. The summed E-state index contributed by atoms with van der Waals surface area (Å²) < 4.78 is 19.1. The highest BCUT2D eigenvalue weighted by molar-refractivity contribution is 5.95. The zero-order valence-corrected chi connectivity index (χ0v) is 9.91. The van der Waals surface area contributed by atoms with Crippen LogP contribution in [0.5, 0.6) is 5.75 Å². The summed E-state index contributed by atoms with van der Waals surface area (Å²) in [7, 11) is 1.58. The number of methoxy groups -OCH3 is 1. The summed E-state index contributed by atoms with van der Waals surface area (Å²) in [4.78, 5) is 3.12. The number of hydrogen-bond donors (Lipinski definition) is 1. The number of rotatable bonds is 2. The summed E-state index contributed by atoms with van der Waals surface area (Å²) in [6.45, 7) is 0. The summed E-state index contributed by atoms with van der Waals surface area (Å²) in [6, 6.07) is 12.5. The molecule has 0 amide bonds. The van der Waals surface area contributed by atoms with Crippen LogP contribution < -0.4 is 4.74 Å². The first-order chi connectivity index (χ1) is 8.79. The molecular formula is C15H12FNO. The van der Waals surface area contributed by atoms with Crippen molar-refractivity contribution in [2.24, 2.45) is 0 Å². The number of hydrogen-bond acceptors (Lipinski definition) is 1. The van der Waals surface area contributed by atoms with Crippen molar-refractivity contribution in [3.8, 4) is 16.9 Å². The number of benzene rings is 2. The Morgan fingerprint density at radius 2 is 1.94 bits per heavy atom. The summed E-state index contributed by atoms with van der Waals surface area (Å²) in [5, 5.41) is 1.00. The van der Waals surface area contributed by atoms with Crippen LogP contribution in [0.25, 0.3) is 22.0 Å². The van der Waals surface area contributed by atoms with E-state index in [0.717, 1.165) is 16.5 Å². The molecule has 18 heavy (non-hydrogen) atoms. The van der Waals surface area contributed by atoms with Crippen LogP contribution >= 0.6 is 0 Å². The first kappa shape index (κ1) is 10.8. The fourth-order valence-corrected chi connectivity index (χ4v) is 2.16. The third-order valence-electron chi connectivity index (χ3n) is 3.06. The number of aromatic nitrogens is 1. The van der Waals surface area contributed by atoms with Gasteiger partial charge in [-0.1, -0.05) is 12.1 Å². The second-order valence-corrected chi connectivity index (χ2v) is 4.09. The minimum Gasteiger partial charge on any atom is -0.497 e. The zero-order valence-electron chi connectivity index (χ0n) is 9.91. The number of halogens is 1. The van der Waals surface area contributed by atoms with E-state index in [1.54, 1.807) is 19.2 Å². The molecule has 0 atom stereocenters. The van der Waals surface area contributed by atoms with E-state index in [1.807, 2.05) is 30.5 Å². The van der Waals surface area contributed by atoms with Crippen LogP contribution in [0.2, 0.25) is 0 Å². The van der Waals surface area contributed by atoms with Gasteiger partial charge in [-0.15, -0.1) is 0 Å². The van der Waals surface area contributed by atoms with Crippen molar-refractivity contribution < 1.29 is 9.13 Å². The number of aromatic amines is 1. The van der Waals surface area contributed by atoms with Crippen molar-refractivity contribution in [1.29, 1.82) is 0 Å². The number of H-pyrrole nitrogens is 1. The van der Waals surface area contributed by atoms with Gasteiger partial charge in [-0.2, -0.15) is 0 Å². The van der Waals surface area contributed by atoms with Gasteiger partial charge in [-0.05, 0) is 35.9 Å². The number of ether oxygens (including phenoxy) is 1. The molecule has 1 aromatic heterocycles. The molecular weight excluding hydrogens is 229 g/mol. The van der Waals surface area contributed by atoms with Crippen LogP contribution in [0.3, 0.4) is 0 Å². The second-order valence-electron chi connectivity index (χ2n) is 4.09. The van der Waals surface area contributed by atoms with Crippen molar-refractivity contribution in [1.82, 2.24) is 4.98 Å². The highest BCUT2D eigenvalue weighted by Gasteiger charge is 2.10. The zero-order chi connectivity index (χ0) is 12.5. The van der Waals surface area contributed by atoms with E-state index in [0.29, 0.717) is 11.3 Å². The molecule has 0 aliphatic heterocycles. The van der Waals surface area contributed by atoms with E-state index in [2.05, 4.69) is 4.98 Å². The van der Waals surface area contributed by atoms with E-state index in [-0.39, 0.29) is 5.82 Å². The van der Waals surface area contributed by atoms with Crippen molar-refractivity contribution in [2.75, 3.05) is 7.11 Å². The molecule has 0 aliphatic rings. The van der Waals surface area contributed by atoms with Crippen molar-refractivity contribution in [3.05, 3.63) is 54.5 Å². The average molecular weight is 241 g/mol. The second kappa shape index (κ2) is 4.18. The smallest absolute Gasteiger partial charge is 0.131 e. The fraction of sp³-hybridized carbons (Fsp3) is 0.0667. The Kier molecular flexibility index (Phi) is 2.52. The van der Waals surface area contributed by atoms with Gasteiger partial charge >= 0.3 is 0 Å². The summed E-state index contributed by atoms with van der Waals surface area (Å²) in [6.07, 6.45) is 1.85. The molecule has 0 spiro atoms. The summed E-state index contributed by atoms with van der Waals surface area (Å²) in [5.41, 5.74) is 2.42. The monoisotopic (exact) mass is 241 g/mol. The van der Waals surface area contributed by atoms with Gasteiger partial charge in [0.05, 0.1) is 7.11 Å². The van der Waals surface area contributed by atoms with Crippen molar-refractivity contribution in [3.63, 3.8) is 0 Å². The van der Waals surface area contributed by atoms with E-state index < -0.39 is 0 Å². The van der Waals surface area contributed by atoms with Gasteiger partial charge in [0.1, 0.15) is 11.6 Å². The molecule has 3 rings (SSSR count). The molecule has 3 heteroatoms. The molecule has 2 nitrogen and oxygen atoms in total. The predicted molar refractivity (Wildman–Crippen MR) is 70.2 cm³/mol. The molecule has 2 aromatic carbocycles. The Morgan fingerprint density at radius 3 is 2.78 bits per heavy atom. The Bertz CT molecular complexity index is 703. The molecule has 0 fully saturated rings. The molecule has 0 unspecified atom stereocenters. The van der Waals surface area contributed by atoms with Crippen LogP contribution in [0.4, 0.5) is 4.39 Å². The van der Waals surface area contributed by atoms with E-state index in [4.69, 9.17) is 4.74 Å². The van der Waals surface area contributed by atoms with Crippen LogP contribution in [0.1, 0.15) is 0 Å². The first-order valence-electron chi connectivity index (χ1n) is 5.69. The average Bonchev–Trinajstić information content (AvgIpc) is 2.87. The van der Waals surface area contributed by atoms with Gasteiger partial charge in [0.15, 0.2) is 0 Å². The summed E-state index contributed by atoms with van der Waals surface area (Å²) >= 11 is 0. The highest BCUT2D eigenvalue weighted by atomic mass is 19.1. The van der Waals surface area contributed by atoms with Gasteiger partial charge in [0.2, 0.25) is 0 Å². The van der Waals surface area contributed by atoms with E-state index in [1.165, 1.54) is 6.07 Å². The Balaban J connectivity index is 2.28. The maximum absolute atomic E-state index is 14.0. The van der Waals surface area contributed by atoms with Crippen molar-refractivity contribution >= 4 is 10.9 Å². The lowest BCUT2D eigenvalue weighted by Gasteiger charge is -2.07. The first-order valence-corrected chi connectivity index (χ1v) is 5.69. The molecule has 1 N–H and O–H groups in total. The normalized spacial score (nSPS) is 10.8. The van der Waals surface area contributed by atoms with Gasteiger partial charge in [-0.25, -0.2) is 4.39 Å². The molecule has 90 valence electrons. The Morgan fingerprint density at radius 1 is 1.06 bits per heavy atom. The van der Waals surface area contributed by atoms with Gasteiger partial charge in [0.25, 0.3) is 0 Å². The van der Waals surface area contributed by atoms with E-state index in [9.17, 15) is 4.39 Å². The molecule has 3 aromatic rings. The molecule has 0 radical (unpaired) electrons. The minimum absolute atomic E-state index is 0.246. The van der Waals surface area contributed by atoms with Gasteiger partial charge in [-0.3, -0.25) is 0 Å². The minimum atomic E-state index is -0.246. The third-order valence-corrected chi connectivity index (χ3v) is 3.06. The number of fused-ring (bicyclic) bond motifs is 1. The molecule has 0 saturated carbocycles. The lowest BCUT2D eigenvalue weighted by Crippen LogP contribution is -1.88. The van der Waals surface area contributed by atoms with Crippen LogP contribution in [0, 0.1) is 5.82 Å². The lowest BCUT2D eigenvalue weighted by molar-refractivity contribution is 0.414. The standard InChI is InChI=1S/C15H12FNO/c1-18-10-5-6-14(16)13(9-10)11-3-2-4-15-12(11)7-8-17-15/h2-9,17H,1H3. The topological polar surface area (TPSA) is 25.0 Å². The fourth-order valence-electron chi connectivity index (χ4n) is 2.16. The number of nitrogens with one attached hydrogen (secondary N) is 1. The SMILES string of the molecule is COc1ccc(F)c(-c2cccc3[nH]ccc23)c1. The van der Waals surface area contributed by atoms with Crippen LogP contribution in [-0.4, -0.2) is 12.1 Å². The quantitative estimate of drug-likeness (QED) is 0.721. The largest absolute Gasteiger partial charge is 0.497 e. The van der Waals surface area contributed by atoms with E-state index >= 15 is 0 Å². The maximum atomic E-state index is 14.0. The van der Waals surface area contributed by atoms with Crippen molar-refractivity contribution in [2.45, 2.75) is 0 Å². The molecule has 0 aliphatic carbocycles. The molecule has 1 heterocycles. The maximum Gasteiger partial charge on any atom is 0.131 e. The van der Waals surface area contributed by atoms with Gasteiger partial charge in [0, 0.05) is 22.7 Å². The van der Waals surface area contributed by atoms with Crippen LogP contribution in [0.15, 0.2) is 48.7 Å². The van der Waals surface area contributed by atoms with Gasteiger partial charge < -0.3 is 9.72 Å². The molecule has 0 saturated heterocycles. The molecule has 0 bridgehead atoms. The predicted octanol–water partition coefficient (Wildman–Crippen LogP) is 3.98. The van der Waals surface area contributed by atoms with Crippen LogP contribution in [-0.2, 0) is 0 Å². The highest BCUT2D eigenvalue weighted by Crippen LogP contribution is 2.32. The Hall–Kier alpha value is -2.29. The Labute approximate surface area is 104 Å².